The number of carbonyl (C=O) groups excluding carboxylic acids is 2. The number of nitrogens with zero attached hydrogens (tertiary/aromatic N) is 3. The molecule has 1 amide bonds. The van der Waals surface area contributed by atoms with Gasteiger partial charge in [-0.3, -0.25) is 9.59 Å². The summed E-state index contributed by atoms with van der Waals surface area (Å²) in [6.45, 7) is 6.60. The zero-order chi connectivity index (χ0) is 19.3. The van der Waals surface area contributed by atoms with Crippen molar-refractivity contribution in [1.29, 1.82) is 0 Å². The maximum atomic E-state index is 13.0. The van der Waals surface area contributed by atoms with Crippen LogP contribution in [-0.4, -0.2) is 31.7 Å². The molecule has 0 fully saturated rings. The first-order valence-corrected chi connectivity index (χ1v) is 9.32. The molecule has 0 unspecified atom stereocenters. The highest BCUT2D eigenvalue weighted by Gasteiger charge is 2.22. The molecular weight excluding hydrogens is 355 g/mol. The lowest BCUT2D eigenvalue weighted by Crippen LogP contribution is -2.17. The van der Waals surface area contributed by atoms with Crippen molar-refractivity contribution in [2.24, 2.45) is 11.7 Å². The van der Waals surface area contributed by atoms with Crippen LogP contribution < -0.4 is 5.73 Å². The Morgan fingerprint density at radius 1 is 1.19 bits per heavy atom. The van der Waals surface area contributed by atoms with E-state index in [1.807, 2.05) is 4.57 Å². The minimum Gasteiger partial charge on any atom is -0.370 e. The highest BCUT2D eigenvalue weighted by Crippen LogP contribution is 2.26. The average molecular weight is 378 g/mol. The molecule has 6 nitrogen and oxygen atoms in total. The van der Waals surface area contributed by atoms with Gasteiger partial charge in [0.05, 0.1) is 5.25 Å². The van der Waals surface area contributed by atoms with Crippen LogP contribution in [0.3, 0.4) is 0 Å². The first-order chi connectivity index (χ1) is 12.3. The van der Waals surface area contributed by atoms with Gasteiger partial charge < -0.3 is 10.3 Å². The molecule has 0 aliphatic carbocycles. The largest absolute Gasteiger partial charge is 0.370 e. The van der Waals surface area contributed by atoms with Gasteiger partial charge in [-0.1, -0.05) is 25.6 Å². The number of hydrogen-bond donors (Lipinski definition) is 1. The monoisotopic (exact) mass is 378 g/mol. The number of primary amides is 1. The van der Waals surface area contributed by atoms with E-state index in [0.717, 1.165) is 0 Å². The van der Waals surface area contributed by atoms with E-state index in [0.29, 0.717) is 35.4 Å². The number of benzene rings is 1. The molecule has 0 spiro atoms. The van der Waals surface area contributed by atoms with Gasteiger partial charge in [0.25, 0.3) is 0 Å². The fourth-order valence-electron chi connectivity index (χ4n) is 2.44. The van der Waals surface area contributed by atoms with Crippen LogP contribution in [0.25, 0.3) is 0 Å². The van der Waals surface area contributed by atoms with Crippen LogP contribution in [0.4, 0.5) is 4.39 Å². The van der Waals surface area contributed by atoms with Crippen molar-refractivity contribution in [2.75, 3.05) is 0 Å². The molecule has 0 bridgehead atoms. The third-order valence-electron chi connectivity index (χ3n) is 3.72. The van der Waals surface area contributed by atoms with Crippen molar-refractivity contribution in [3.8, 4) is 0 Å². The average Bonchev–Trinajstić information content (AvgIpc) is 2.94. The fraction of sp³-hybridized carbons (Fsp3) is 0.444. The summed E-state index contributed by atoms with van der Waals surface area (Å²) in [4.78, 5) is 23.6. The molecule has 2 rings (SSSR count). The van der Waals surface area contributed by atoms with Gasteiger partial charge in [0.15, 0.2) is 10.9 Å². The van der Waals surface area contributed by atoms with Crippen molar-refractivity contribution in [2.45, 2.75) is 50.6 Å². The van der Waals surface area contributed by atoms with E-state index in [4.69, 9.17) is 5.73 Å². The van der Waals surface area contributed by atoms with E-state index < -0.39 is 11.2 Å². The molecule has 8 heteroatoms. The molecule has 0 saturated heterocycles. The van der Waals surface area contributed by atoms with Crippen molar-refractivity contribution >= 4 is 23.5 Å². The number of aromatic nitrogens is 3. The zero-order valence-electron chi connectivity index (χ0n) is 15.1. The molecule has 0 saturated carbocycles. The number of amides is 1. The Labute approximate surface area is 156 Å². The Morgan fingerprint density at radius 3 is 2.42 bits per heavy atom. The standard InChI is InChI=1S/C18H23FN4O2S/c1-11(2)10-23-16(9-8-15(20)24)21-22-18(23)26-12(3)17(25)13-4-6-14(19)7-5-13/h4-7,11-12H,8-10H2,1-3H3,(H2,20,24)/t12-/m0/s1. The highest BCUT2D eigenvalue weighted by molar-refractivity contribution is 8.00. The zero-order valence-corrected chi connectivity index (χ0v) is 15.9. The van der Waals surface area contributed by atoms with Gasteiger partial charge in [-0.15, -0.1) is 10.2 Å². The molecule has 2 N–H and O–H groups in total. The van der Waals surface area contributed by atoms with Crippen LogP contribution in [0, 0.1) is 11.7 Å². The van der Waals surface area contributed by atoms with E-state index in [1.54, 1.807) is 6.92 Å². The first kappa shape index (κ1) is 20.1. The maximum absolute atomic E-state index is 13.0. The Hall–Kier alpha value is -2.22. The number of hydrogen-bond acceptors (Lipinski definition) is 5. The predicted molar refractivity (Wildman–Crippen MR) is 98.4 cm³/mol. The topological polar surface area (TPSA) is 90.9 Å². The third kappa shape index (κ3) is 5.39. The first-order valence-electron chi connectivity index (χ1n) is 8.44. The molecule has 0 radical (unpaired) electrons. The molecule has 1 aromatic carbocycles. The molecule has 0 aliphatic rings. The third-order valence-corrected chi connectivity index (χ3v) is 4.80. The van der Waals surface area contributed by atoms with Gasteiger partial charge >= 0.3 is 0 Å². The van der Waals surface area contributed by atoms with Gasteiger partial charge in [-0.2, -0.15) is 0 Å². The number of halogens is 1. The summed E-state index contributed by atoms with van der Waals surface area (Å²) in [5.74, 6) is 0.158. The van der Waals surface area contributed by atoms with Crippen LogP contribution in [0.15, 0.2) is 29.4 Å². The van der Waals surface area contributed by atoms with Crippen LogP contribution >= 0.6 is 11.8 Å². The van der Waals surface area contributed by atoms with Gasteiger partial charge in [-0.05, 0) is 37.1 Å². The fourth-order valence-corrected chi connectivity index (χ4v) is 3.39. The number of carbonyl (C=O) groups is 2. The molecule has 1 aromatic heterocycles. The smallest absolute Gasteiger partial charge is 0.217 e. The van der Waals surface area contributed by atoms with Crippen LogP contribution in [0.5, 0.6) is 0 Å². The van der Waals surface area contributed by atoms with Crippen molar-refractivity contribution in [3.05, 3.63) is 41.5 Å². The van der Waals surface area contributed by atoms with Gasteiger partial charge in [0, 0.05) is 24.9 Å². The molecule has 140 valence electrons. The lowest BCUT2D eigenvalue weighted by Gasteiger charge is -2.14. The Balaban J connectivity index is 2.17. The Kier molecular flexibility index (Phi) is 6.90. The minimum absolute atomic E-state index is 0.104. The van der Waals surface area contributed by atoms with Crippen LogP contribution in [0.1, 0.15) is 43.4 Å². The van der Waals surface area contributed by atoms with Crippen molar-refractivity contribution in [1.82, 2.24) is 14.8 Å². The number of Topliss-reactive ketones (excluding diaryl/α,β-unsaturated/α-hetero) is 1. The number of thioether (sulfide) groups is 1. The summed E-state index contributed by atoms with van der Waals surface area (Å²) in [7, 11) is 0. The Bertz CT molecular complexity index is 774. The van der Waals surface area contributed by atoms with Gasteiger partial charge in [-0.25, -0.2) is 4.39 Å². The molecular formula is C18H23FN4O2S. The summed E-state index contributed by atoms with van der Waals surface area (Å²) in [6, 6.07) is 5.50. The second-order valence-electron chi connectivity index (χ2n) is 6.50. The summed E-state index contributed by atoms with van der Waals surface area (Å²) < 4.78 is 15.0. The van der Waals surface area contributed by atoms with Gasteiger partial charge in [0.1, 0.15) is 11.6 Å². The van der Waals surface area contributed by atoms with E-state index in [2.05, 4.69) is 24.0 Å². The van der Waals surface area contributed by atoms with Crippen LogP contribution in [-0.2, 0) is 17.8 Å². The Morgan fingerprint density at radius 2 is 1.85 bits per heavy atom. The number of aryl methyl sites for hydroxylation is 1. The normalized spacial score (nSPS) is 12.3. The summed E-state index contributed by atoms with van der Waals surface area (Å²) in [5.41, 5.74) is 5.67. The van der Waals surface area contributed by atoms with E-state index in [1.165, 1.54) is 36.0 Å². The molecule has 1 heterocycles. The maximum Gasteiger partial charge on any atom is 0.217 e. The summed E-state index contributed by atoms with van der Waals surface area (Å²) in [6.07, 6.45) is 0.612. The predicted octanol–water partition coefficient (Wildman–Crippen LogP) is 2.85. The van der Waals surface area contributed by atoms with Crippen molar-refractivity contribution < 1.29 is 14.0 Å². The number of ketones is 1. The van der Waals surface area contributed by atoms with Crippen LogP contribution in [0.2, 0.25) is 0 Å². The van der Waals surface area contributed by atoms with Gasteiger partial charge in [0.2, 0.25) is 5.91 Å². The SMILES string of the molecule is CC(C)Cn1c(CCC(N)=O)nnc1S[C@@H](C)C(=O)c1ccc(F)cc1. The number of nitrogens with two attached hydrogens (primary N) is 1. The second kappa shape index (κ2) is 8.93. The van der Waals surface area contributed by atoms with E-state index >= 15 is 0 Å². The second-order valence-corrected chi connectivity index (χ2v) is 7.81. The lowest BCUT2D eigenvalue weighted by molar-refractivity contribution is -0.118. The highest BCUT2D eigenvalue weighted by atomic mass is 32.2. The lowest BCUT2D eigenvalue weighted by atomic mass is 10.1. The summed E-state index contributed by atoms with van der Waals surface area (Å²) >= 11 is 1.30. The minimum atomic E-state index is -0.403. The molecule has 0 aliphatic heterocycles. The van der Waals surface area contributed by atoms with E-state index in [-0.39, 0.29) is 18.0 Å². The summed E-state index contributed by atoms with van der Waals surface area (Å²) in [5, 5.41) is 8.57. The molecule has 1 atom stereocenters. The molecule has 2 aromatic rings. The quantitative estimate of drug-likeness (QED) is 0.535. The number of rotatable bonds is 9. The van der Waals surface area contributed by atoms with Crippen molar-refractivity contribution in [3.63, 3.8) is 0 Å². The van der Waals surface area contributed by atoms with E-state index in [9.17, 15) is 14.0 Å². The molecule has 26 heavy (non-hydrogen) atoms.